The Morgan fingerprint density at radius 1 is 1.13 bits per heavy atom. The lowest BCUT2D eigenvalue weighted by Crippen LogP contribution is -2.33. The quantitative estimate of drug-likeness (QED) is 0.623. The molecule has 0 unspecified atom stereocenters. The third-order valence-corrected chi connectivity index (χ3v) is 5.30. The zero-order valence-corrected chi connectivity index (χ0v) is 15.3. The summed E-state index contributed by atoms with van der Waals surface area (Å²) in [6, 6.07) is 7.78. The van der Waals surface area contributed by atoms with E-state index in [0.29, 0.717) is 29.0 Å². The number of carbonyl (C=O) groups is 1. The Hall–Kier alpha value is -3.43. The summed E-state index contributed by atoms with van der Waals surface area (Å²) < 4.78 is 59.6. The number of benzene rings is 1. The summed E-state index contributed by atoms with van der Waals surface area (Å²) in [5.41, 5.74) is 1.21. The molecule has 10 heteroatoms. The van der Waals surface area contributed by atoms with E-state index in [1.54, 1.807) is 12.1 Å². The molecule has 0 bridgehead atoms. The molecule has 0 amide bonds. The van der Waals surface area contributed by atoms with E-state index < -0.39 is 23.9 Å². The van der Waals surface area contributed by atoms with E-state index in [1.807, 2.05) is 0 Å². The first kappa shape index (κ1) is 18.6. The second-order valence-electron chi connectivity index (χ2n) is 7.22. The van der Waals surface area contributed by atoms with Crippen LogP contribution in [-0.4, -0.2) is 20.5 Å². The molecule has 5 rings (SSSR count). The van der Waals surface area contributed by atoms with E-state index in [9.17, 15) is 22.4 Å². The fourth-order valence-corrected chi connectivity index (χ4v) is 4.01. The highest BCUT2D eigenvalue weighted by molar-refractivity contribution is 6.00. The molecule has 6 nitrogen and oxygen atoms in total. The highest BCUT2D eigenvalue weighted by atomic mass is 19.4. The largest absolute Gasteiger partial charge is 0.469 e. The lowest BCUT2D eigenvalue weighted by molar-refractivity contribution is -0.145. The van der Waals surface area contributed by atoms with Crippen molar-refractivity contribution >= 4 is 11.7 Å². The van der Waals surface area contributed by atoms with E-state index in [4.69, 9.17) is 4.42 Å². The number of rotatable bonds is 2. The summed E-state index contributed by atoms with van der Waals surface area (Å²) in [4.78, 5) is 16.7. The molecule has 1 aliphatic carbocycles. The molecular formula is C20H14F4N4O2. The maximum Gasteiger partial charge on any atom is 0.453 e. The molecule has 30 heavy (non-hydrogen) atoms. The van der Waals surface area contributed by atoms with Crippen LogP contribution in [0.1, 0.15) is 41.9 Å². The fourth-order valence-electron chi connectivity index (χ4n) is 4.01. The Balaban J connectivity index is 1.64. The molecular weight excluding hydrogens is 404 g/mol. The summed E-state index contributed by atoms with van der Waals surface area (Å²) in [6.45, 7) is 0. The standard InChI is InChI=1S/C20H14F4N4O2/c21-12-5-3-10(4-6-12)17-16-13(8-11(9-14(16)29)15-2-1-7-30-15)25-19-26-18(20(22,23)24)27-28(17)19/h1-7,11,17H,8-9H2,(H,25,26,27)/t11-,17+/m1/s1. The molecule has 3 heterocycles. The number of furan rings is 1. The number of anilines is 1. The first-order chi connectivity index (χ1) is 14.3. The SMILES string of the molecule is O=C1C[C@H](c2ccco2)CC2=C1[C@H](c1ccc(F)cc1)n1nc(C(F)(F)F)nc1N2. The zero-order chi connectivity index (χ0) is 21.0. The summed E-state index contributed by atoms with van der Waals surface area (Å²) in [7, 11) is 0. The Morgan fingerprint density at radius 2 is 1.90 bits per heavy atom. The van der Waals surface area contributed by atoms with Crippen molar-refractivity contribution in [1.82, 2.24) is 14.8 Å². The summed E-state index contributed by atoms with van der Waals surface area (Å²) in [5, 5.41) is 6.47. The van der Waals surface area contributed by atoms with Crippen molar-refractivity contribution in [2.45, 2.75) is 31.0 Å². The Kier molecular flexibility index (Phi) is 4.05. The highest BCUT2D eigenvalue weighted by Gasteiger charge is 2.43. The van der Waals surface area contributed by atoms with Crippen LogP contribution in [0.4, 0.5) is 23.5 Å². The van der Waals surface area contributed by atoms with Gasteiger partial charge in [-0.1, -0.05) is 12.1 Å². The molecule has 1 N–H and O–H groups in total. The van der Waals surface area contributed by atoms with Gasteiger partial charge in [-0.05, 0) is 36.2 Å². The number of hydrogen-bond donors (Lipinski definition) is 1. The average Bonchev–Trinajstić information content (AvgIpc) is 3.36. The molecule has 0 spiro atoms. The fraction of sp³-hybridized carbons (Fsp3) is 0.250. The third-order valence-electron chi connectivity index (χ3n) is 5.30. The molecule has 1 aliphatic heterocycles. The van der Waals surface area contributed by atoms with E-state index in [1.165, 1.54) is 30.5 Å². The van der Waals surface area contributed by atoms with Gasteiger partial charge < -0.3 is 9.73 Å². The third kappa shape index (κ3) is 2.99. The molecule has 0 fully saturated rings. The first-order valence-electron chi connectivity index (χ1n) is 9.17. The molecule has 1 aromatic carbocycles. The van der Waals surface area contributed by atoms with Gasteiger partial charge in [0.2, 0.25) is 5.95 Å². The van der Waals surface area contributed by atoms with Crippen LogP contribution in [0.15, 0.2) is 58.3 Å². The van der Waals surface area contributed by atoms with Gasteiger partial charge in [-0.3, -0.25) is 4.79 Å². The first-order valence-corrected chi connectivity index (χ1v) is 9.17. The molecule has 0 saturated heterocycles. The van der Waals surface area contributed by atoms with E-state index in [-0.39, 0.29) is 24.1 Å². The number of allylic oxidation sites excluding steroid dienone is 2. The van der Waals surface area contributed by atoms with Crippen molar-refractivity contribution in [2.24, 2.45) is 0 Å². The number of nitrogens with zero attached hydrogens (tertiary/aromatic N) is 3. The van der Waals surface area contributed by atoms with Crippen molar-refractivity contribution in [3.05, 3.63) is 76.9 Å². The van der Waals surface area contributed by atoms with Gasteiger partial charge in [-0.15, -0.1) is 5.10 Å². The van der Waals surface area contributed by atoms with Crippen LogP contribution >= 0.6 is 0 Å². The molecule has 2 aliphatic rings. The van der Waals surface area contributed by atoms with Gasteiger partial charge in [-0.25, -0.2) is 9.07 Å². The van der Waals surface area contributed by atoms with E-state index >= 15 is 0 Å². The summed E-state index contributed by atoms with van der Waals surface area (Å²) >= 11 is 0. The molecule has 154 valence electrons. The maximum atomic E-state index is 13.4. The normalized spacial score (nSPS) is 21.3. The van der Waals surface area contributed by atoms with Crippen LogP contribution in [0, 0.1) is 5.82 Å². The number of Topliss-reactive ketones (excluding diaryl/α,β-unsaturated/α-hetero) is 1. The van der Waals surface area contributed by atoms with Crippen LogP contribution in [0.2, 0.25) is 0 Å². The Bertz CT molecular complexity index is 1150. The maximum absolute atomic E-state index is 13.4. The molecule has 2 atom stereocenters. The molecule has 0 radical (unpaired) electrons. The number of hydrogen-bond acceptors (Lipinski definition) is 5. The van der Waals surface area contributed by atoms with Crippen LogP contribution in [0.3, 0.4) is 0 Å². The van der Waals surface area contributed by atoms with E-state index in [0.717, 1.165) is 4.68 Å². The van der Waals surface area contributed by atoms with Gasteiger partial charge in [-0.2, -0.15) is 18.2 Å². The lowest BCUT2D eigenvalue weighted by Gasteiger charge is -2.34. The number of alkyl halides is 3. The van der Waals surface area contributed by atoms with Crippen LogP contribution in [0.25, 0.3) is 0 Å². The predicted octanol–water partition coefficient (Wildman–Crippen LogP) is 4.44. The number of fused-ring (bicyclic) bond motifs is 1. The van der Waals surface area contributed by atoms with E-state index in [2.05, 4.69) is 15.4 Å². The number of halogens is 4. The summed E-state index contributed by atoms with van der Waals surface area (Å²) in [6.07, 6.45) is -2.74. The van der Waals surface area contributed by atoms with Gasteiger partial charge in [0.15, 0.2) is 5.78 Å². The number of aromatic nitrogens is 3. The number of ketones is 1. The van der Waals surface area contributed by atoms with Gasteiger partial charge >= 0.3 is 6.18 Å². The second kappa shape index (κ2) is 6.54. The monoisotopic (exact) mass is 418 g/mol. The topological polar surface area (TPSA) is 73.0 Å². The average molecular weight is 418 g/mol. The lowest BCUT2D eigenvalue weighted by atomic mass is 9.79. The Labute approximate surface area is 167 Å². The molecule has 0 saturated carbocycles. The minimum absolute atomic E-state index is 0.122. The summed E-state index contributed by atoms with van der Waals surface area (Å²) in [5.74, 6) is -1.80. The van der Waals surface area contributed by atoms with Crippen LogP contribution < -0.4 is 5.32 Å². The Morgan fingerprint density at radius 3 is 2.57 bits per heavy atom. The van der Waals surface area contributed by atoms with Crippen molar-refractivity contribution in [1.29, 1.82) is 0 Å². The smallest absolute Gasteiger partial charge is 0.453 e. The zero-order valence-electron chi connectivity index (χ0n) is 15.3. The molecule has 2 aromatic heterocycles. The second-order valence-corrected chi connectivity index (χ2v) is 7.22. The minimum Gasteiger partial charge on any atom is -0.469 e. The number of nitrogens with one attached hydrogen (secondary N) is 1. The van der Waals surface area contributed by atoms with Gasteiger partial charge in [0.1, 0.15) is 17.6 Å². The highest BCUT2D eigenvalue weighted by Crippen LogP contribution is 2.44. The minimum atomic E-state index is -4.75. The number of carbonyl (C=O) groups excluding carboxylic acids is 1. The van der Waals surface area contributed by atoms with Gasteiger partial charge in [0.05, 0.1) is 6.26 Å². The predicted molar refractivity (Wildman–Crippen MR) is 95.9 cm³/mol. The van der Waals surface area contributed by atoms with Crippen LogP contribution in [0.5, 0.6) is 0 Å². The van der Waals surface area contributed by atoms with Crippen molar-refractivity contribution in [2.75, 3.05) is 5.32 Å². The van der Waals surface area contributed by atoms with Crippen molar-refractivity contribution < 1.29 is 26.8 Å². The van der Waals surface area contributed by atoms with Crippen molar-refractivity contribution in [3.8, 4) is 0 Å². The van der Waals surface area contributed by atoms with Crippen molar-refractivity contribution in [3.63, 3.8) is 0 Å². The van der Waals surface area contributed by atoms with Crippen LogP contribution in [-0.2, 0) is 11.0 Å². The van der Waals surface area contributed by atoms with Gasteiger partial charge in [0.25, 0.3) is 5.82 Å². The molecule has 3 aromatic rings. The van der Waals surface area contributed by atoms with Gasteiger partial charge in [0, 0.05) is 23.6 Å².